The second kappa shape index (κ2) is 8.58. The van der Waals surface area contributed by atoms with Crippen molar-refractivity contribution in [2.45, 2.75) is 13.8 Å². The van der Waals surface area contributed by atoms with E-state index in [1.807, 2.05) is 24.3 Å². The number of benzene rings is 2. The molecule has 2 aromatic carbocycles. The lowest BCUT2D eigenvalue weighted by Gasteiger charge is -2.20. The molecule has 0 aliphatic heterocycles. The fraction of sp³-hybridized carbons (Fsp3) is 0.222. The molecule has 1 N–H and O–H groups in total. The van der Waals surface area contributed by atoms with Crippen LogP contribution in [0.1, 0.15) is 29.8 Å². The van der Waals surface area contributed by atoms with Crippen LogP contribution >= 0.6 is 0 Å². The van der Waals surface area contributed by atoms with Crippen molar-refractivity contribution in [2.75, 3.05) is 18.0 Å². The van der Waals surface area contributed by atoms with Crippen LogP contribution in [0.15, 0.2) is 53.6 Å². The van der Waals surface area contributed by atoms with Crippen LogP contribution in [-0.4, -0.2) is 30.1 Å². The highest BCUT2D eigenvalue weighted by atomic mass is 16.6. The summed E-state index contributed by atoms with van der Waals surface area (Å²) in [7, 11) is 0. The number of nitrogens with zero attached hydrogens (tertiary/aromatic N) is 3. The van der Waals surface area contributed by atoms with E-state index in [0.29, 0.717) is 5.56 Å². The fourth-order valence-electron chi connectivity index (χ4n) is 2.32. The van der Waals surface area contributed by atoms with Gasteiger partial charge in [0.25, 0.3) is 11.6 Å². The summed E-state index contributed by atoms with van der Waals surface area (Å²) in [5.41, 5.74) is 4.65. The number of carbonyl (C=O) groups is 1. The first-order chi connectivity index (χ1) is 12.0. The van der Waals surface area contributed by atoms with Crippen molar-refractivity contribution in [1.29, 1.82) is 0 Å². The summed E-state index contributed by atoms with van der Waals surface area (Å²) in [6.45, 7) is 6.09. The number of non-ortho nitro benzene ring substituents is 1. The van der Waals surface area contributed by atoms with Crippen molar-refractivity contribution in [3.63, 3.8) is 0 Å². The molecule has 25 heavy (non-hydrogen) atoms. The minimum absolute atomic E-state index is 0.0617. The summed E-state index contributed by atoms with van der Waals surface area (Å²) in [6, 6.07) is 13.2. The first-order valence-electron chi connectivity index (χ1n) is 7.98. The predicted molar refractivity (Wildman–Crippen MR) is 98.2 cm³/mol. The van der Waals surface area contributed by atoms with Crippen LogP contribution in [-0.2, 0) is 0 Å². The molecule has 0 bridgehead atoms. The van der Waals surface area contributed by atoms with Crippen molar-refractivity contribution < 1.29 is 9.72 Å². The number of hydrogen-bond donors (Lipinski definition) is 1. The summed E-state index contributed by atoms with van der Waals surface area (Å²) in [6.07, 6.45) is 1.55. The van der Waals surface area contributed by atoms with Gasteiger partial charge in [0.05, 0.1) is 11.1 Å². The van der Waals surface area contributed by atoms with Gasteiger partial charge in [0.2, 0.25) is 0 Å². The van der Waals surface area contributed by atoms with Gasteiger partial charge in [0.1, 0.15) is 0 Å². The lowest BCUT2D eigenvalue weighted by atomic mass is 10.2. The van der Waals surface area contributed by atoms with Gasteiger partial charge < -0.3 is 4.90 Å². The van der Waals surface area contributed by atoms with Crippen molar-refractivity contribution in [3.05, 3.63) is 69.8 Å². The van der Waals surface area contributed by atoms with Crippen molar-refractivity contribution in [2.24, 2.45) is 5.10 Å². The summed E-state index contributed by atoms with van der Waals surface area (Å²) < 4.78 is 0. The van der Waals surface area contributed by atoms with Crippen LogP contribution in [0.4, 0.5) is 11.4 Å². The molecule has 0 fully saturated rings. The van der Waals surface area contributed by atoms with E-state index in [1.54, 1.807) is 6.21 Å². The Bertz CT molecular complexity index is 751. The zero-order valence-electron chi connectivity index (χ0n) is 14.2. The number of nitro benzene ring substituents is 1. The summed E-state index contributed by atoms with van der Waals surface area (Å²) >= 11 is 0. The van der Waals surface area contributed by atoms with E-state index in [4.69, 9.17) is 0 Å². The van der Waals surface area contributed by atoms with Crippen molar-refractivity contribution in [1.82, 2.24) is 5.43 Å². The van der Waals surface area contributed by atoms with Crippen LogP contribution in [0.3, 0.4) is 0 Å². The topological polar surface area (TPSA) is 87.8 Å². The standard InChI is InChI=1S/C18H20N4O3/c1-3-21(4-2)16-9-5-14(6-10-16)13-19-20-18(23)15-7-11-17(12-8-15)22(24)25/h5-13H,3-4H2,1-2H3,(H,20,23)/b19-13-. The molecule has 7 heteroatoms. The second-order valence-electron chi connectivity index (χ2n) is 5.27. The third-order valence-electron chi connectivity index (χ3n) is 3.74. The summed E-state index contributed by atoms with van der Waals surface area (Å²) in [4.78, 5) is 24.3. The van der Waals surface area contributed by atoms with Gasteiger partial charge in [-0.1, -0.05) is 12.1 Å². The van der Waals surface area contributed by atoms with Crippen LogP contribution in [0.25, 0.3) is 0 Å². The lowest BCUT2D eigenvalue weighted by Crippen LogP contribution is -2.21. The minimum Gasteiger partial charge on any atom is -0.372 e. The number of nitro groups is 1. The van der Waals surface area contributed by atoms with Gasteiger partial charge in [0, 0.05) is 36.5 Å². The maximum absolute atomic E-state index is 11.9. The third kappa shape index (κ3) is 4.87. The first-order valence-corrected chi connectivity index (χ1v) is 7.98. The van der Waals surface area contributed by atoms with Crippen LogP contribution < -0.4 is 10.3 Å². The number of amides is 1. The smallest absolute Gasteiger partial charge is 0.271 e. The molecule has 7 nitrogen and oxygen atoms in total. The molecule has 0 aliphatic carbocycles. The second-order valence-corrected chi connectivity index (χ2v) is 5.27. The average Bonchev–Trinajstić information content (AvgIpc) is 2.64. The number of carbonyl (C=O) groups excluding carboxylic acids is 1. The Morgan fingerprint density at radius 3 is 2.24 bits per heavy atom. The van der Waals surface area contributed by atoms with Gasteiger partial charge in [-0.25, -0.2) is 5.43 Å². The van der Waals surface area contributed by atoms with Crippen molar-refractivity contribution in [3.8, 4) is 0 Å². The highest BCUT2D eigenvalue weighted by Crippen LogP contribution is 2.14. The minimum atomic E-state index is -0.512. The first kappa shape index (κ1) is 18.1. The molecular weight excluding hydrogens is 320 g/mol. The largest absolute Gasteiger partial charge is 0.372 e. The number of nitrogens with one attached hydrogen (secondary N) is 1. The maximum Gasteiger partial charge on any atom is 0.271 e. The SMILES string of the molecule is CCN(CC)c1ccc(/C=N\NC(=O)c2ccc([N+](=O)[O-])cc2)cc1. The molecule has 2 rings (SSSR count). The molecule has 0 aromatic heterocycles. The van der Waals surface area contributed by atoms with Crippen LogP contribution in [0.5, 0.6) is 0 Å². The lowest BCUT2D eigenvalue weighted by molar-refractivity contribution is -0.384. The molecule has 0 saturated heterocycles. The Balaban J connectivity index is 1.95. The highest BCUT2D eigenvalue weighted by Gasteiger charge is 2.08. The average molecular weight is 340 g/mol. The number of rotatable bonds is 7. The fourth-order valence-corrected chi connectivity index (χ4v) is 2.32. The Morgan fingerprint density at radius 1 is 1.12 bits per heavy atom. The molecule has 0 atom stereocenters. The molecule has 1 amide bonds. The number of hydrogen-bond acceptors (Lipinski definition) is 5. The zero-order chi connectivity index (χ0) is 18.2. The van der Waals surface area contributed by atoms with Gasteiger partial charge in [-0.15, -0.1) is 0 Å². The maximum atomic E-state index is 11.9. The molecule has 0 aliphatic rings. The van der Waals surface area contributed by atoms with E-state index in [2.05, 4.69) is 29.3 Å². The molecule has 2 aromatic rings. The molecule has 0 unspecified atom stereocenters. The van der Waals surface area contributed by atoms with E-state index < -0.39 is 10.8 Å². The molecule has 0 spiro atoms. The molecule has 0 saturated carbocycles. The monoisotopic (exact) mass is 340 g/mol. The quantitative estimate of drug-likeness (QED) is 0.476. The normalized spacial score (nSPS) is 10.6. The van der Waals surface area contributed by atoms with E-state index in [9.17, 15) is 14.9 Å². The van der Waals surface area contributed by atoms with Crippen LogP contribution in [0.2, 0.25) is 0 Å². The van der Waals surface area contributed by atoms with Gasteiger partial charge in [-0.2, -0.15) is 5.10 Å². The summed E-state index contributed by atoms with van der Waals surface area (Å²) in [5.74, 6) is -0.425. The summed E-state index contributed by atoms with van der Waals surface area (Å²) in [5, 5.41) is 14.5. The van der Waals surface area contributed by atoms with E-state index in [-0.39, 0.29) is 5.69 Å². The van der Waals surface area contributed by atoms with Crippen molar-refractivity contribution >= 4 is 23.5 Å². The number of hydrazone groups is 1. The predicted octanol–water partition coefficient (Wildman–Crippen LogP) is 3.20. The van der Waals surface area contributed by atoms with Gasteiger partial charge >= 0.3 is 0 Å². The third-order valence-corrected chi connectivity index (χ3v) is 3.74. The Morgan fingerprint density at radius 2 is 1.72 bits per heavy atom. The Hall–Kier alpha value is -3.22. The zero-order valence-corrected chi connectivity index (χ0v) is 14.2. The van der Waals surface area contributed by atoms with E-state index in [1.165, 1.54) is 24.3 Å². The number of anilines is 1. The highest BCUT2D eigenvalue weighted by molar-refractivity contribution is 5.95. The van der Waals surface area contributed by atoms with E-state index >= 15 is 0 Å². The Kier molecular flexibility index (Phi) is 6.22. The Labute approximate surface area is 146 Å². The van der Waals surface area contributed by atoms with Gasteiger partial charge in [-0.05, 0) is 43.7 Å². The molecule has 0 heterocycles. The van der Waals surface area contributed by atoms with E-state index in [0.717, 1.165) is 24.3 Å². The van der Waals surface area contributed by atoms with Crippen LogP contribution in [0, 0.1) is 10.1 Å². The van der Waals surface area contributed by atoms with Gasteiger partial charge in [0.15, 0.2) is 0 Å². The molecule has 0 radical (unpaired) electrons. The molecular formula is C18H20N4O3. The van der Waals surface area contributed by atoms with Gasteiger partial charge in [-0.3, -0.25) is 14.9 Å². The molecule has 130 valence electrons.